The van der Waals surface area contributed by atoms with E-state index >= 15 is 0 Å². The predicted molar refractivity (Wildman–Crippen MR) is 182 cm³/mol. The number of hydrogen-bond acceptors (Lipinski definition) is 8. The van der Waals surface area contributed by atoms with Crippen molar-refractivity contribution in [1.29, 1.82) is 5.26 Å². The van der Waals surface area contributed by atoms with E-state index in [4.69, 9.17) is 4.74 Å². The van der Waals surface area contributed by atoms with Crippen molar-refractivity contribution < 1.29 is 19.1 Å². The van der Waals surface area contributed by atoms with Gasteiger partial charge in [0.25, 0.3) is 11.8 Å². The molecular weight excluding hydrogens is 614 g/mol. The van der Waals surface area contributed by atoms with E-state index in [-0.39, 0.29) is 46.8 Å². The van der Waals surface area contributed by atoms with Gasteiger partial charge >= 0.3 is 6.03 Å². The Morgan fingerprint density at radius 1 is 1.15 bits per heavy atom. The molecule has 2 aromatic rings. The lowest BCUT2D eigenvalue weighted by Gasteiger charge is -2.46. The van der Waals surface area contributed by atoms with Gasteiger partial charge < -0.3 is 30.9 Å². The highest BCUT2D eigenvalue weighted by molar-refractivity contribution is 8.04. The lowest BCUT2D eigenvalue weighted by Crippen LogP contribution is -2.62. The van der Waals surface area contributed by atoms with Crippen LogP contribution in [-0.4, -0.2) is 72.4 Å². The van der Waals surface area contributed by atoms with Crippen LogP contribution in [0, 0.1) is 24.2 Å². The van der Waals surface area contributed by atoms with Crippen molar-refractivity contribution >= 4 is 35.3 Å². The fourth-order valence-electron chi connectivity index (χ4n) is 6.76. The number of nitrogens with one attached hydrogen (secondary N) is 4. The number of anilines is 1. The number of aryl methyl sites for hydroxylation is 1. The molecule has 47 heavy (non-hydrogen) atoms. The zero-order valence-corrected chi connectivity index (χ0v) is 27.9. The maximum absolute atomic E-state index is 13.8. The molecule has 246 valence electrons. The minimum atomic E-state index is -0.515. The summed E-state index contributed by atoms with van der Waals surface area (Å²) in [5, 5.41) is 22.5. The summed E-state index contributed by atoms with van der Waals surface area (Å²) in [7, 11) is 1.78. The van der Waals surface area contributed by atoms with Crippen LogP contribution in [0.4, 0.5) is 10.5 Å². The van der Waals surface area contributed by atoms with E-state index in [0.29, 0.717) is 42.3 Å². The van der Waals surface area contributed by atoms with E-state index in [0.717, 1.165) is 30.0 Å². The average Bonchev–Trinajstić information content (AvgIpc) is 3.44. The lowest BCUT2D eigenvalue weighted by atomic mass is 9.86. The molecule has 4 N–H and O–H groups in total. The molecule has 2 aromatic carbocycles. The molecule has 0 spiro atoms. The van der Waals surface area contributed by atoms with Crippen molar-refractivity contribution in [2.45, 2.75) is 63.0 Å². The zero-order valence-electron chi connectivity index (χ0n) is 27.1. The predicted octanol–water partition coefficient (Wildman–Crippen LogP) is 4.13. The van der Waals surface area contributed by atoms with Gasteiger partial charge in [0.15, 0.2) is 0 Å². The summed E-state index contributed by atoms with van der Waals surface area (Å²) in [4.78, 5) is 44.8. The molecule has 11 nitrogen and oxygen atoms in total. The lowest BCUT2D eigenvalue weighted by molar-refractivity contribution is -0.129. The van der Waals surface area contributed by atoms with Crippen molar-refractivity contribution in [1.82, 2.24) is 26.2 Å². The molecule has 0 bridgehead atoms. The van der Waals surface area contributed by atoms with E-state index < -0.39 is 5.54 Å². The molecule has 3 saturated heterocycles. The average molecular weight is 656 g/mol. The van der Waals surface area contributed by atoms with Crippen LogP contribution in [0.2, 0.25) is 0 Å². The number of urea groups is 1. The van der Waals surface area contributed by atoms with Gasteiger partial charge in [0, 0.05) is 42.0 Å². The topological polar surface area (TPSA) is 139 Å². The summed E-state index contributed by atoms with van der Waals surface area (Å²) in [5.41, 5.74) is 1.95. The van der Waals surface area contributed by atoms with Crippen molar-refractivity contribution in [2.24, 2.45) is 5.92 Å². The number of ether oxygens (including phenoxy) is 1. The highest BCUT2D eigenvalue weighted by Gasteiger charge is 2.52. The second kappa shape index (κ2) is 13.4. The second-order valence-corrected chi connectivity index (χ2v) is 14.1. The Morgan fingerprint density at radius 2 is 1.94 bits per heavy atom. The molecule has 0 aromatic heterocycles. The van der Waals surface area contributed by atoms with Crippen LogP contribution in [0.5, 0.6) is 11.5 Å². The minimum absolute atomic E-state index is 0.0584. The number of hydrogen-bond donors (Lipinski definition) is 4. The molecule has 4 aliphatic heterocycles. The molecule has 4 amide bonds. The molecule has 0 saturated carbocycles. The Labute approximate surface area is 279 Å². The third kappa shape index (κ3) is 6.74. The molecule has 0 aliphatic carbocycles. The highest BCUT2D eigenvalue weighted by atomic mass is 32.2. The fraction of sp³-hybridized carbons (Fsp3) is 0.429. The van der Waals surface area contributed by atoms with Crippen molar-refractivity contribution in [2.75, 3.05) is 31.6 Å². The molecule has 4 aliphatic rings. The van der Waals surface area contributed by atoms with E-state index in [9.17, 15) is 19.6 Å². The number of likely N-dealkylation sites (N-methyl/N-ethyl adjacent to an activating group) is 1. The molecule has 6 rings (SSSR count). The first-order chi connectivity index (χ1) is 22.6. The Kier molecular flexibility index (Phi) is 9.32. The minimum Gasteiger partial charge on any atom is -0.457 e. The number of amides is 4. The Hall–Kier alpha value is -4.31. The monoisotopic (exact) mass is 655 g/mol. The SMILES string of the molecule is CNC(C)(C)/C=C(\C#N)C(=O)N1CCC[C@@H](NC(=O)C2=C3NC(=O)N(c4ccc(Oc5ccccc5)cc4C)C4CCNC(S2)C34)C1. The molecule has 0 radical (unpaired) electrons. The number of benzene rings is 2. The number of para-hydroxylation sites is 1. The van der Waals surface area contributed by atoms with Crippen LogP contribution in [0.3, 0.4) is 0 Å². The quantitative estimate of drug-likeness (QED) is 0.246. The molecular formula is C35H41N7O4S. The summed E-state index contributed by atoms with van der Waals surface area (Å²) in [6.07, 6.45) is 3.81. The van der Waals surface area contributed by atoms with E-state index in [1.807, 2.05) is 74.2 Å². The zero-order chi connectivity index (χ0) is 33.3. The first-order valence-electron chi connectivity index (χ1n) is 16.1. The van der Waals surface area contributed by atoms with Gasteiger partial charge in [-0.25, -0.2) is 4.79 Å². The Bertz CT molecular complexity index is 1670. The molecule has 4 heterocycles. The maximum atomic E-state index is 13.8. The van der Waals surface area contributed by atoms with Gasteiger partial charge in [-0.3, -0.25) is 14.5 Å². The van der Waals surface area contributed by atoms with Crippen molar-refractivity contribution in [3.05, 3.63) is 76.3 Å². The number of carbonyl (C=O) groups excluding carboxylic acids is 3. The summed E-state index contributed by atoms with van der Waals surface area (Å²) in [6, 6.07) is 16.7. The van der Waals surface area contributed by atoms with Gasteiger partial charge in [-0.15, -0.1) is 0 Å². The molecule has 3 unspecified atom stereocenters. The van der Waals surface area contributed by atoms with Gasteiger partial charge in [0.2, 0.25) is 0 Å². The summed E-state index contributed by atoms with van der Waals surface area (Å²) < 4.78 is 6.02. The number of nitrogens with zero attached hydrogens (tertiary/aromatic N) is 3. The number of rotatable bonds is 8. The van der Waals surface area contributed by atoms with Crippen LogP contribution in [0.1, 0.15) is 38.7 Å². The van der Waals surface area contributed by atoms with E-state index in [2.05, 4.69) is 27.3 Å². The number of thioether (sulfide) groups is 1. The van der Waals surface area contributed by atoms with Crippen molar-refractivity contribution in [3.8, 4) is 17.6 Å². The summed E-state index contributed by atoms with van der Waals surface area (Å²) in [5.74, 6) is 0.762. The van der Waals surface area contributed by atoms with E-state index in [1.165, 1.54) is 11.8 Å². The first-order valence-corrected chi connectivity index (χ1v) is 17.0. The van der Waals surface area contributed by atoms with Crippen LogP contribution in [0.25, 0.3) is 0 Å². The highest BCUT2D eigenvalue weighted by Crippen LogP contribution is 2.48. The first kappa shape index (κ1) is 32.6. The Morgan fingerprint density at radius 3 is 2.66 bits per heavy atom. The van der Waals surface area contributed by atoms with Crippen LogP contribution < -0.4 is 30.9 Å². The number of piperidine rings is 2. The second-order valence-electron chi connectivity index (χ2n) is 13.0. The van der Waals surface area contributed by atoms with Crippen molar-refractivity contribution in [3.63, 3.8) is 0 Å². The number of nitriles is 1. The van der Waals surface area contributed by atoms with Crippen LogP contribution >= 0.6 is 11.8 Å². The summed E-state index contributed by atoms with van der Waals surface area (Å²) >= 11 is 1.45. The maximum Gasteiger partial charge on any atom is 0.326 e. The fourth-order valence-corrected chi connectivity index (χ4v) is 8.16. The summed E-state index contributed by atoms with van der Waals surface area (Å²) in [6.45, 7) is 7.31. The van der Waals surface area contributed by atoms with Crippen LogP contribution in [0.15, 0.2) is 70.8 Å². The van der Waals surface area contributed by atoms with E-state index in [1.54, 1.807) is 18.0 Å². The van der Waals surface area contributed by atoms with Gasteiger partial charge in [-0.1, -0.05) is 30.0 Å². The van der Waals surface area contributed by atoms with Gasteiger partial charge in [0.05, 0.1) is 16.3 Å². The number of likely N-dealkylation sites (tertiary alicyclic amines) is 1. The largest absolute Gasteiger partial charge is 0.457 e. The van der Waals surface area contributed by atoms with Gasteiger partial charge in [-0.2, -0.15) is 5.26 Å². The standard InChI is InChI=1S/C35H41N7O4S/c1-21-17-25(46-24-10-6-5-7-11-24)12-13-26(21)42-27-14-15-38-32-28(27)29(40-34(42)45)30(47-32)31(43)39-23-9-8-16-41(20-23)33(44)22(19-36)18-35(2,3)37-4/h5-7,10-13,17-18,23,27-28,32,37-38H,8-9,14-16,20H2,1-4H3,(H,39,43)(H,40,45)/b22-18+/t23-,27?,28?,32?/m1/s1. The molecule has 12 heteroatoms. The van der Waals surface area contributed by atoms with Crippen LogP contribution in [-0.2, 0) is 9.59 Å². The molecule has 4 atom stereocenters. The Balaban J connectivity index is 1.17. The third-order valence-electron chi connectivity index (χ3n) is 9.30. The number of carbonyl (C=O) groups is 3. The third-order valence-corrected chi connectivity index (χ3v) is 10.7. The van der Waals surface area contributed by atoms with Gasteiger partial charge in [0.1, 0.15) is 23.1 Å². The normalized spacial score (nSPS) is 24.3. The smallest absolute Gasteiger partial charge is 0.326 e. The van der Waals surface area contributed by atoms with Gasteiger partial charge in [-0.05, 0) is 95.6 Å². The molecule has 3 fully saturated rings.